The summed E-state index contributed by atoms with van der Waals surface area (Å²) in [6, 6.07) is 20.9. The second kappa shape index (κ2) is 6.77. The average Bonchev–Trinajstić information content (AvgIpc) is 2.56. The van der Waals surface area contributed by atoms with Crippen molar-refractivity contribution in [1.29, 1.82) is 0 Å². The first-order chi connectivity index (χ1) is 10.4. The van der Waals surface area contributed by atoms with Crippen molar-refractivity contribution in [3.05, 3.63) is 66.2 Å². The van der Waals surface area contributed by atoms with Crippen LogP contribution >= 0.6 is 0 Å². The molecule has 3 rings (SSSR count). The summed E-state index contributed by atoms with van der Waals surface area (Å²) in [5.41, 5.74) is 7.38. The molecule has 0 heterocycles. The summed E-state index contributed by atoms with van der Waals surface area (Å²) in [5, 5.41) is 0. The number of ether oxygens (including phenoxy) is 1. The van der Waals surface area contributed by atoms with Gasteiger partial charge in [-0.2, -0.15) is 0 Å². The molecule has 1 aliphatic carbocycles. The fourth-order valence-electron chi connectivity index (χ4n) is 3.31. The minimum Gasteiger partial charge on any atom is -0.490 e. The molecular weight excluding hydrogens is 258 g/mol. The van der Waals surface area contributed by atoms with E-state index in [9.17, 15) is 0 Å². The van der Waals surface area contributed by atoms with E-state index in [0.717, 1.165) is 18.6 Å². The van der Waals surface area contributed by atoms with Crippen LogP contribution in [0.15, 0.2) is 60.7 Å². The van der Waals surface area contributed by atoms with Crippen molar-refractivity contribution >= 4 is 0 Å². The first-order valence-electron chi connectivity index (χ1n) is 7.83. The normalized spacial score (nSPS) is 25.5. The number of rotatable bonds is 4. The summed E-state index contributed by atoms with van der Waals surface area (Å²) in [7, 11) is 0. The fraction of sp³-hybridized carbons (Fsp3) is 0.368. The van der Waals surface area contributed by atoms with E-state index in [1.165, 1.54) is 12.0 Å². The van der Waals surface area contributed by atoms with Gasteiger partial charge in [-0.3, -0.25) is 0 Å². The van der Waals surface area contributed by atoms with Gasteiger partial charge < -0.3 is 10.5 Å². The Kier molecular flexibility index (Phi) is 4.56. The van der Waals surface area contributed by atoms with Gasteiger partial charge in [-0.1, -0.05) is 48.5 Å². The van der Waals surface area contributed by atoms with E-state index in [2.05, 4.69) is 30.3 Å². The molecule has 0 aliphatic heterocycles. The van der Waals surface area contributed by atoms with E-state index >= 15 is 0 Å². The van der Waals surface area contributed by atoms with E-state index < -0.39 is 0 Å². The van der Waals surface area contributed by atoms with Gasteiger partial charge in [0.1, 0.15) is 11.9 Å². The van der Waals surface area contributed by atoms with Crippen LogP contribution in [0.25, 0.3) is 0 Å². The molecule has 3 atom stereocenters. The Morgan fingerprint density at radius 2 is 1.57 bits per heavy atom. The standard InChI is InChI=1S/C19H23NO/c20-14-17-12-11-16(15-7-3-1-4-8-15)13-19(17)21-18-9-5-2-6-10-18/h1-10,16-17,19H,11-14,20H2. The van der Waals surface area contributed by atoms with Crippen molar-refractivity contribution in [2.24, 2.45) is 11.7 Å². The zero-order chi connectivity index (χ0) is 14.5. The molecule has 1 fully saturated rings. The molecular formula is C19H23NO. The van der Waals surface area contributed by atoms with Gasteiger partial charge in [0.15, 0.2) is 0 Å². The van der Waals surface area contributed by atoms with Crippen LogP contribution in [-0.4, -0.2) is 12.6 Å². The van der Waals surface area contributed by atoms with E-state index in [1.807, 2.05) is 30.3 Å². The maximum atomic E-state index is 6.23. The Morgan fingerprint density at radius 1 is 0.905 bits per heavy atom. The quantitative estimate of drug-likeness (QED) is 0.920. The molecule has 2 heteroatoms. The lowest BCUT2D eigenvalue weighted by Gasteiger charge is -2.36. The molecule has 1 saturated carbocycles. The lowest BCUT2D eigenvalue weighted by atomic mass is 9.77. The van der Waals surface area contributed by atoms with Crippen molar-refractivity contribution < 1.29 is 4.74 Å². The summed E-state index contributed by atoms with van der Waals surface area (Å²) >= 11 is 0. The van der Waals surface area contributed by atoms with Crippen LogP contribution in [0, 0.1) is 5.92 Å². The molecule has 3 unspecified atom stereocenters. The predicted octanol–water partition coefficient (Wildman–Crippen LogP) is 3.98. The molecule has 0 aromatic heterocycles. The molecule has 0 spiro atoms. The summed E-state index contributed by atoms with van der Waals surface area (Å²) in [5.74, 6) is 2.00. The van der Waals surface area contributed by atoms with Crippen LogP contribution in [0.4, 0.5) is 0 Å². The monoisotopic (exact) mass is 281 g/mol. The topological polar surface area (TPSA) is 35.2 Å². The second-order valence-electron chi connectivity index (χ2n) is 5.89. The Labute approximate surface area is 126 Å². The highest BCUT2D eigenvalue weighted by Gasteiger charge is 2.31. The molecule has 2 aromatic rings. The third kappa shape index (κ3) is 3.45. The Bertz CT molecular complexity index is 540. The van der Waals surface area contributed by atoms with E-state index in [1.54, 1.807) is 0 Å². The molecule has 0 radical (unpaired) electrons. The first kappa shape index (κ1) is 14.2. The van der Waals surface area contributed by atoms with Crippen molar-refractivity contribution in [2.45, 2.75) is 31.3 Å². The van der Waals surface area contributed by atoms with Crippen LogP contribution in [-0.2, 0) is 0 Å². The molecule has 2 nitrogen and oxygen atoms in total. The molecule has 0 bridgehead atoms. The zero-order valence-corrected chi connectivity index (χ0v) is 12.3. The van der Waals surface area contributed by atoms with Crippen molar-refractivity contribution in [3.8, 4) is 5.75 Å². The van der Waals surface area contributed by atoms with Crippen LogP contribution < -0.4 is 10.5 Å². The SMILES string of the molecule is NCC1CCC(c2ccccc2)CC1Oc1ccccc1. The smallest absolute Gasteiger partial charge is 0.119 e. The lowest BCUT2D eigenvalue weighted by molar-refractivity contribution is 0.0867. The van der Waals surface area contributed by atoms with Crippen LogP contribution in [0.1, 0.15) is 30.7 Å². The number of benzene rings is 2. The van der Waals surface area contributed by atoms with E-state index in [-0.39, 0.29) is 6.10 Å². The molecule has 21 heavy (non-hydrogen) atoms. The van der Waals surface area contributed by atoms with Crippen molar-refractivity contribution in [3.63, 3.8) is 0 Å². The van der Waals surface area contributed by atoms with Gasteiger partial charge in [-0.15, -0.1) is 0 Å². The molecule has 0 saturated heterocycles. The fourth-order valence-corrected chi connectivity index (χ4v) is 3.31. The maximum absolute atomic E-state index is 6.23. The summed E-state index contributed by atoms with van der Waals surface area (Å²) < 4.78 is 6.23. The Morgan fingerprint density at radius 3 is 2.24 bits per heavy atom. The maximum Gasteiger partial charge on any atom is 0.119 e. The van der Waals surface area contributed by atoms with E-state index in [0.29, 0.717) is 18.4 Å². The van der Waals surface area contributed by atoms with E-state index in [4.69, 9.17) is 10.5 Å². The van der Waals surface area contributed by atoms with Crippen molar-refractivity contribution in [2.75, 3.05) is 6.54 Å². The van der Waals surface area contributed by atoms with Crippen LogP contribution in [0.5, 0.6) is 5.75 Å². The van der Waals surface area contributed by atoms with Crippen LogP contribution in [0.2, 0.25) is 0 Å². The minimum atomic E-state index is 0.219. The van der Waals surface area contributed by atoms with Gasteiger partial charge in [0.2, 0.25) is 0 Å². The molecule has 2 aromatic carbocycles. The molecule has 1 aliphatic rings. The highest BCUT2D eigenvalue weighted by atomic mass is 16.5. The summed E-state index contributed by atoms with van der Waals surface area (Å²) in [4.78, 5) is 0. The third-order valence-electron chi connectivity index (χ3n) is 4.53. The largest absolute Gasteiger partial charge is 0.490 e. The van der Waals surface area contributed by atoms with Gasteiger partial charge in [-0.05, 0) is 49.4 Å². The highest BCUT2D eigenvalue weighted by molar-refractivity contribution is 5.23. The average molecular weight is 281 g/mol. The van der Waals surface area contributed by atoms with Crippen LogP contribution in [0.3, 0.4) is 0 Å². The number of hydrogen-bond acceptors (Lipinski definition) is 2. The summed E-state index contributed by atoms with van der Waals surface area (Å²) in [6.45, 7) is 0.707. The first-order valence-corrected chi connectivity index (χ1v) is 7.83. The number of para-hydroxylation sites is 1. The van der Waals surface area contributed by atoms with Crippen molar-refractivity contribution in [1.82, 2.24) is 0 Å². The summed E-state index contributed by atoms with van der Waals surface area (Å²) in [6.07, 6.45) is 3.63. The predicted molar refractivity (Wildman–Crippen MR) is 86.4 cm³/mol. The highest BCUT2D eigenvalue weighted by Crippen LogP contribution is 2.37. The number of nitrogens with two attached hydrogens (primary N) is 1. The van der Waals surface area contributed by atoms with Gasteiger partial charge in [-0.25, -0.2) is 0 Å². The minimum absolute atomic E-state index is 0.219. The zero-order valence-electron chi connectivity index (χ0n) is 12.3. The molecule has 0 amide bonds. The number of hydrogen-bond donors (Lipinski definition) is 1. The van der Waals surface area contributed by atoms with Gasteiger partial charge in [0.25, 0.3) is 0 Å². The molecule has 2 N–H and O–H groups in total. The third-order valence-corrected chi connectivity index (χ3v) is 4.53. The van der Waals surface area contributed by atoms with Gasteiger partial charge in [0.05, 0.1) is 0 Å². The van der Waals surface area contributed by atoms with Gasteiger partial charge in [0, 0.05) is 5.92 Å². The second-order valence-corrected chi connectivity index (χ2v) is 5.89. The lowest BCUT2D eigenvalue weighted by Crippen LogP contribution is -2.37. The Hall–Kier alpha value is -1.80. The Balaban J connectivity index is 1.73. The van der Waals surface area contributed by atoms with Gasteiger partial charge >= 0.3 is 0 Å². The molecule has 110 valence electrons.